The highest BCUT2D eigenvalue weighted by Gasteiger charge is 2.40. The van der Waals surface area contributed by atoms with E-state index in [1.165, 1.54) is 30.5 Å². The lowest BCUT2D eigenvalue weighted by Crippen LogP contribution is -2.44. The third-order valence-corrected chi connectivity index (χ3v) is 5.29. The first-order valence-electron chi connectivity index (χ1n) is 9.15. The maximum Gasteiger partial charge on any atom is 0.319 e. The number of hydrogen-bond donors (Lipinski definition) is 2. The molecule has 0 aromatic heterocycles. The molecule has 2 aliphatic heterocycles. The fraction of sp³-hybridized carbons (Fsp3) is 0.400. The van der Waals surface area contributed by atoms with Gasteiger partial charge in [-0.05, 0) is 49.8 Å². The molecule has 0 spiro atoms. The molecule has 2 heterocycles. The summed E-state index contributed by atoms with van der Waals surface area (Å²) in [6.45, 7) is 1.05. The van der Waals surface area contributed by atoms with Gasteiger partial charge in [-0.2, -0.15) is 0 Å². The van der Waals surface area contributed by atoms with Crippen molar-refractivity contribution in [2.75, 3.05) is 13.1 Å². The number of allylic oxidation sites excluding steroid dienone is 1. The number of halogens is 1. The molecule has 1 unspecified atom stereocenters. The Kier molecular flexibility index (Phi) is 4.49. The Morgan fingerprint density at radius 1 is 1.23 bits per heavy atom. The van der Waals surface area contributed by atoms with Crippen molar-refractivity contribution in [3.63, 3.8) is 0 Å². The summed E-state index contributed by atoms with van der Waals surface area (Å²) < 4.78 is 13.6. The van der Waals surface area contributed by atoms with Crippen LogP contribution >= 0.6 is 0 Å². The third-order valence-electron chi connectivity index (χ3n) is 5.29. The second-order valence-corrected chi connectivity index (χ2v) is 7.06. The van der Waals surface area contributed by atoms with Crippen LogP contribution in [0.2, 0.25) is 0 Å². The molecule has 0 saturated carbocycles. The van der Waals surface area contributed by atoms with E-state index in [4.69, 9.17) is 0 Å². The summed E-state index contributed by atoms with van der Waals surface area (Å²) in [7, 11) is 0. The van der Waals surface area contributed by atoms with Gasteiger partial charge < -0.3 is 15.5 Å². The first-order chi connectivity index (χ1) is 12.6. The van der Waals surface area contributed by atoms with Gasteiger partial charge in [0.05, 0.1) is 23.9 Å². The molecular weight excluding hydrogens is 333 g/mol. The molecule has 0 fully saturated rings. The number of benzene rings is 1. The minimum Gasteiger partial charge on any atom is -0.333 e. The molecule has 0 bridgehead atoms. The van der Waals surface area contributed by atoms with E-state index < -0.39 is 6.04 Å². The van der Waals surface area contributed by atoms with E-state index in [0.29, 0.717) is 29.9 Å². The molecule has 3 aliphatic rings. The van der Waals surface area contributed by atoms with Crippen molar-refractivity contribution >= 4 is 11.9 Å². The predicted molar refractivity (Wildman–Crippen MR) is 95.6 cm³/mol. The van der Waals surface area contributed by atoms with E-state index in [9.17, 15) is 14.0 Å². The molecule has 1 aromatic rings. The first kappa shape index (κ1) is 16.8. The summed E-state index contributed by atoms with van der Waals surface area (Å²) in [5, 5.41) is 5.50. The van der Waals surface area contributed by atoms with Crippen LogP contribution in [0, 0.1) is 5.82 Å². The summed E-state index contributed by atoms with van der Waals surface area (Å²) in [5.74, 6) is -0.470. The molecule has 26 heavy (non-hydrogen) atoms. The highest BCUT2D eigenvalue weighted by Crippen LogP contribution is 2.33. The SMILES string of the molecule is O=C1NC2=C(C(=O)N(CCC3=CCCCC3)C2)C(c2cccc(F)c2)N1. The molecule has 1 aromatic carbocycles. The molecular formula is C20H22FN3O2. The Labute approximate surface area is 151 Å². The molecule has 6 heteroatoms. The lowest BCUT2D eigenvalue weighted by Gasteiger charge is -2.25. The van der Waals surface area contributed by atoms with Crippen LogP contribution in [0.15, 0.2) is 47.2 Å². The standard InChI is InChI=1S/C20H22FN3O2/c21-15-8-4-7-14(11-15)18-17-16(22-20(26)23-18)12-24(19(17)25)10-9-13-5-2-1-3-6-13/h4-5,7-8,11,18H,1-3,6,9-10,12H2,(H2,22,23,26). The van der Waals surface area contributed by atoms with Crippen molar-refractivity contribution in [2.24, 2.45) is 0 Å². The van der Waals surface area contributed by atoms with Crippen LogP contribution in [0.3, 0.4) is 0 Å². The van der Waals surface area contributed by atoms with Gasteiger partial charge in [0.15, 0.2) is 0 Å². The third kappa shape index (κ3) is 3.23. The van der Waals surface area contributed by atoms with Gasteiger partial charge in [-0.15, -0.1) is 0 Å². The van der Waals surface area contributed by atoms with Crippen molar-refractivity contribution in [1.29, 1.82) is 0 Å². The number of rotatable bonds is 4. The largest absolute Gasteiger partial charge is 0.333 e. The van der Waals surface area contributed by atoms with Crippen LogP contribution in [0.4, 0.5) is 9.18 Å². The van der Waals surface area contributed by atoms with E-state index >= 15 is 0 Å². The number of urea groups is 1. The van der Waals surface area contributed by atoms with Crippen LogP contribution in [0.1, 0.15) is 43.7 Å². The highest BCUT2D eigenvalue weighted by molar-refractivity contribution is 6.01. The fourth-order valence-electron chi connectivity index (χ4n) is 3.96. The summed E-state index contributed by atoms with van der Waals surface area (Å²) >= 11 is 0. The average Bonchev–Trinajstić information content (AvgIpc) is 2.96. The van der Waals surface area contributed by atoms with Gasteiger partial charge in [0.1, 0.15) is 5.82 Å². The smallest absolute Gasteiger partial charge is 0.319 e. The Hall–Kier alpha value is -2.63. The van der Waals surface area contributed by atoms with E-state index in [0.717, 1.165) is 19.3 Å². The Morgan fingerprint density at radius 2 is 2.12 bits per heavy atom. The van der Waals surface area contributed by atoms with E-state index in [2.05, 4.69) is 16.7 Å². The van der Waals surface area contributed by atoms with Crippen molar-refractivity contribution < 1.29 is 14.0 Å². The number of nitrogens with zero attached hydrogens (tertiary/aromatic N) is 1. The summed E-state index contributed by atoms with van der Waals surface area (Å²) in [4.78, 5) is 26.7. The van der Waals surface area contributed by atoms with Crippen molar-refractivity contribution in [1.82, 2.24) is 15.5 Å². The quantitative estimate of drug-likeness (QED) is 0.815. The monoisotopic (exact) mass is 355 g/mol. The molecule has 5 nitrogen and oxygen atoms in total. The lowest BCUT2D eigenvalue weighted by molar-refractivity contribution is -0.125. The average molecular weight is 355 g/mol. The molecule has 0 radical (unpaired) electrons. The second kappa shape index (κ2) is 6.94. The van der Waals surface area contributed by atoms with Gasteiger partial charge in [-0.3, -0.25) is 4.79 Å². The van der Waals surface area contributed by atoms with Gasteiger partial charge in [0, 0.05) is 6.54 Å². The van der Waals surface area contributed by atoms with Crippen LogP contribution in [0.25, 0.3) is 0 Å². The van der Waals surface area contributed by atoms with Gasteiger partial charge in [0.25, 0.3) is 5.91 Å². The van der Waals surface area contributed by atoms with Gasteiger partial charge in [-0.1, -0.05) is 23.8 Å². The molecule has 136 valence electrons. The maximum absolute atomic E-state index is 13.6. The molecule has 1 aliphatic carbocycles. The molecule has 0 saturated heterocycles. The normalized spacial score (nSPS) is 22.7. The number of carbonyl (C=O) groups excluding carboxylic acids is 2. The summed E-state index contributed by atoms with van der Waals surface area (Å²) in [6, 6.07) is 5.06. The molecule has 1 atom stereocenters. The van der Waals surface area contributed by atoms with Crippen LogP contribution in [0.5, 0.6) is 0 Å². The van der Waals surface area contributed by atoms with Gasteiger partial charge in [0.2, 0.25) is 0 Å². The zero-order valence-corrected chi connectivity index (χ0v) is 14.6. The fourth-order valence-corrected chi connectivity index (χ4v) is 3.96. The first-order valence-corrected chi connectivity index (χ1v) is 9.15. The minimum absolute atomic E-state index is 0.0850. The Morgan fingerprint density at radius 3 is 2.88 bits per heavy atom. The molecule has 3 amide bonds. The van der Waals surface area contributed by atoms with Gasteiger partial charge >= 0.3 is 6.03 Å². The van der Waals surface area contributed by atoms with Gasteiger partial charge in [-0.25, -0.2) is 9.18 Å². The number of hydrogen-bond acceptors (Lipinski definition) is 2. The van der Waals surface area contributed by atoms with E-state index in [1.54, 1.807) is 17.0 Å². The summed E-state index contributed by atoms with van der Waals surface area (Å²) in [5.41, 5.74) is 3.15. The highest BCUT2D eigenvalue weighted by atomic mass is 19.1. The van der Waals surface area contributed by atoms with Crippen LogP contribution in [-0.4, -0.2) is 29.9 Å². The molecule has 4 rings (SSSR count). The second-order valence-electron chi connectivity index (χ2n) is 7.06. The summed E-state index contributed by atoms with van der Waals surface area (Å²) in [6.07, 6.45) is 7.86. The predicted octanol–water partition coefficient (Wildman–Crippen LogP) is 3.17. The number of nitrogens with one attached hydrogen (secondary N) is 2. The van der Waals surface area contributed by atoms with Crippen molar-refractivity contribution in [3.05, 3.63) is 58.6 Å². The zero-order chi connectivity index (χ0) is 18.1. The number of amides is 3. The lowest BCUT2D eigenvalue weighted by atomic mass is 9.96. The maximum atomic E-state index is 13.6. The van der Waals surface area contributed by atoms with Crippen LogP contribution in [-0.2, 0) is 4.79 Å². The minimum atomic E-state index is -0.610. The van der Waals surface area contributed by atoms with Crippen LogP contribution < -0.4 is 10.6 Å². The molecule has 2 N–H and O–H groups in total. The van der Waals surface area contributed by atoms with E-state index in [-0.39, 0.29) is 17.8 Å². The number of carbonyl (C=O) groups is 2. The Bertz CT molecular complexity index is 815. The van der Waals surface area contributed by atoms with Crippen molar-refractivity contribution in [2.45, 2.75) is 38.1 Å². The van der Waals surface area contributed by atoms with Crippen molar-refractivity contribution in [3.8, 4) is 0 Å². The van der Waals surface area contributed by atoms with E-state index in [1.807, 2.05) is 0 Å². The zero-order valence-electron chi connectivity index (χ0n) is 14.6. The Balaban J connectivity index is 1.53. The topological polar surface area (TPSA) is 61.4 Å².